The normalized spacial score (nSPS) is 22.3. The second kappa shape index (κ2) is 6.21. The van der Waals surface area contributed by atoms with Gasteiger partial charge in [0.1, 0.15) is 5.76 Å². The highest BCUT2D eigenvalue weighted by Crippen LogP contribution is 2.54. The van der Waals surface area contributed by atoms with E-state index >= 15 is 0 Å². The molecule has 4 rings (SSSR count). The molecule has 0 saturated heterocycles. The summed E-state index contributed by atoms with van der Waals surface area (Å²) in [5.41, 5.74) is 1.75. The van der Waals surface area contributed by atoms with Gasteiger partial charge in [-0.15, -0.1) is 0 Å². The maximum absolute atomic E-state index is 13.0. The Morgan fingerprint density at radius 3 is 2.29 bits per heavy atom. The number of rotatable bonds is 2. The van der Waals surface area contributed by atoms with E-state index in [1.54, 1.807) is 0 Å². The topological polar surface area (TPSA) is 26.3 Å². The van der Waals surface area contributed by atoms with Crippen LogP contribution in [0.4, 0.5) is 0 Å². The lowest BCUT2D eigenvalue weighted by Crippen LogP contribution is -2.38. The van der Waals surface area contributed by atoms with Gasteiger partial charge in [-0.1, -0.05) is 71.2 Å². The van der Waals surface area contributed by atoms with Crippen LogP contribution < -0.4 is 0 Å². The first-order valence-electron chi connectivity index (χ1n) is 8.44. The monoisotopic (exact) mass is 382 g/mol. The quantitative estimate of drug-likeness (QED) is 0.623. The van der Waals surface area contributed by atoms with Gasteiger partial charge in [-0.05, 0) is 36.6 Å². The van der Waals surface area contributed by atoms with E-state index in [9.17, 15) is 4.79 Å². The Kier molecular flexibility index (Phi) is 4.05. The second-order valence-corrected chi connectivity index (χ2v) is 7.59. The fourth-order valence-electron chi connectivity index (χ4n) is 4.04. The maximum atomic E-state index is 13.0. The molecule has 1 unspecified atom stereocenters. The summed E-state index contributed by atoms with van der Waals surface area (Å²) in [6, 6.07) is 18.2. The lowest BCUT2D eigenvalue weighted by Gasteiger charge is -2.38. The van der Waals surface area contributed by atoms with E-state index in [0.717, 1.165) is 35.7 Å². The van der Waals surface area contributed by atoms with Crippen LogP contribution in [0.2, 0.25) is 0 Å². The van der Waals surface area contributed by atoms with Gasteiger partial charge >= 0.3 is 5.97 Å². The third kappa shape index (κ3) is 2.61. The molecule has 0 radical (unpaired) electrons. The van der Waals surface area contributed by atoms with Crippen LogP contribution >= 0.6 is 15.9 Å². The molecule has 1 atom stereocenters. The average Bonchev–Trinajstić information content (AvgIpc) is 3.10. The molecule has 1 spiro atoms. The summed E-state index contributed by atoms with van der Waals surface area (Å²) in [7, 11) is 0. The van der Waals surface area contributed by atoms with E-state index in [4.69, 9.17) is 4.74 Å². The molecule has 2 aromatic rings. The number of ether oxygens (including phenoxy) is 1. The Bertz CT molecular complexity index is 771. The molecule has 0 bridgehead atoms. The fraction of sp³-hybridized carbons (Fsp3) is 0.286. The lowest BCUT2D eigenvalue weighted by atomic mass is 9.69. The Labute approximate surface area is 150 Å². The van der Waals surface area contributed by atoms with Crippen molar-refractivity contribution in [2.24, 2.45) is 5.41 Å². The Balaban J connectivity index is 1.82. The van der Waals surface area contributed by atoms with Gasteiger partial charge in [0.05, 0.1) is 5.41 Å². The van der Waals surface area contributed by atoms with Crippen LogP contribution in [-0.2, 0) is 9.53 Å². The average molecular weight is 383 g/mol. The molecule has 2 aliphatic rings. The first kappa shape index (κ1) is 15.6. The van der Waals surface area contributed by atoms with Crippen LogP contribution in [0.5, 0.6) is 0 Å². The van der Waals surface area contributed by atoms with Crippen LogP contribution in [0.15, 0.2) is 65.1 Å². The van der Waals surface area contributed by atoms with E-state index in [1.165, 1.54) is 5.56 Å². The van der Waals surface area contributed by atoms with Crippen molar-refractivity contribution >= 4 is 27.7 Å². The standard InChI is InChI=1S/C21H19BrO2/c22-17-10-8-15(9-11-17)18-14-19(16-6-2-1-3-7-16)24-20(23)21(18)12-4-5-13-21/h1-3,6-11,14,18H,4-5,12-13H2. The summed E-state index contributed by atoms with van der Waals surface area (Å²) in [6.07, 6.45) is 6.16. The minimum absolute atomic E-state index is 0.0609. The molecule has 3 heteroatoms. The molecule has 1 saturated carbocycles. The molecule has 0 amide bonds. The SMILES string of the molecule is O=C1OC(c2ccccc2)=CC(c2ccc(Br)cc2)C12CCCC2. The molecule has 24 heavy (non-hydrogen) atoms. The zero-order valence-electron chi connectivity index (χ0n) is 13.4. The lowest BCUT2D eigenvalue weighted by molar-refractivity contribution is -0.150. The smallest absolute Gasteiger partial charge is 0.318 e. The molecular weight excluding hydrogens is 364 g/mol. The summed E-state index contributed by atoms with van der Waals surface area (Å²) in [6.45, 7) is 0. The molecule has 1 heterocycles. The van der Waals surface area contributed by atoms with Gasteiger partial charge in [-0.25, -0.2) is 0 Å². The Hall–Kier alpha value is -1.87. The predicted molar refractivity (Wildman–Crippen MR) is 98.3 cm³/mol. The van der Waals surface area contributed by atoms with Crippen LogP contribution in [0.1, 0.15) is 42.7 Å². The van der Waals surface area contributed by atoms with Gasteiger partial charge in [0.25, 0.3) is 0 Å². The van der Waals surface area contributed by atoms with Crippen molar-refractivity contribution in [2.45, 2.75) is 31.6 Å². The summed E-state index contributed by atoms with van der Waals surface area (Å²) in [5, 5.41) is 0. The zero-order valence-corrected chi connectivity index (χ0v) is 15.0. The summed E-state index contributed by atoms with van der Waals surface area (Å²) in [5.74, 6) is 0.699. The summed E-state index contributed by atoms with van der Waals surface area (Å²) in [4.78, 5) is 13.0. The number of allylic oxidation sites excluding steroid dienone is 1. The van der Waals surface area contributed by atoms with E-state index in [2.05, 4.69) is 34.1 Å². The molecular formula is C21H19BrO2. The van der Waals surface area contributed by atoms with Crippen LogP contribution in [0.25, 0.3) is 5.76 Å². The Morgan fingerprint density at radius 1 is 0.958 bits per heavy atom. The maximum Gasteiger partial charge on any atom is 0.318 e. The molecule has 2 aromatic carbocycles. The molecule has 1 fully saturated rings. The van der Waals surface area contributed by atoms with Crippen molar-refractivity contribution in [3.05, 3.63) is 76.3 Å². The highest BCUT2D eigenvalue weighted by molar-refractivity contribution is 9.10. The predicted octanol–water partition coefficient (Wildman–Crippen LogP) is 5.69. The van der Waals surface area contributed by atoms with Crippen LogP contribution in [0.3, 0.4) is 0 Å². The number of carbonyl (C=O) groups is 1. The number of halogens is 1. The van der Waals surface area contributed by atoms with Crippen molar-refractivity contribution in [1.82, 2.24) is 0 Å². The highest BCUT2D eigenvalue weighted by Gasteiger charge is 2.51. The van der Waals surface area contributed by atoms with Gasteiger partial charge in [0.15, 0.2) is 0 Å². The van der Waals surface area contributed by atoms with Crippen LogP contribution in [-0.4, -0.2) is 5.97 Å². The largest absolute Gasteiger partial charge is 0.426 e. The van der Waals surface area contributed by atoms with E-state index < -0.39 is 5.41 Å². The molecule has 1 aliphatic carbocycles. The summed E-state index contributed by atoms with van der Waals surface area (Å²) < 4.78 is 6.85. The molecule has 0 N–H and O–H groups in total. The van der Waals surface area contributed by atoms with Crippen molar-refractivity contribution < 1.29 is 9.53 Å². The third-order valence-corrected chi connectivity index (χ3v) is 5.83. The Morgan fingerprint density at radius 2 is 1.62 bits per heavy atom. The minimum atomic E-state index is -0.397. The van der Waals surface area contributed by atoms with Crippen molar-refractivity contribution in [3.8, 4) is 0 Å². The van der Waals surface area contributed by atoms with Crippen molar-refractivity contribution in [1.29, 1.82) is 0 Å². The van der Waals surface area contributed by atoms with E-state index in [0.29, 0.717) is 5.76 Å². The number of esters is 1. The number of hydrogen-bond donors (Lipinski definition) is 0. The van der Waals surface area contributed by atoms with Gasteiger partial charge in [0, 0.05) is 16.0 Å². The zero-order chi connectivity index (χ0) is 16.6. The number of cyclic esters (lactones) is 1. The van der Waals surface area contributed by atoms with E-state index in [-0.39, 0.29) is 11.9 Å². The third-order valence-electron chi connectivity index (χ3n) is 5.31. The van der Waals surface area contributed by atoms with Gasteiger partial charge in [-0.3, -0.25) is 4.79 Å². The van der Waals surface area contributed by atoms with Gasteiger partial charge in [-0.2, -0.15) is 0 Å². The molecule has 0 aromatic heterocycles. The van der Waals surface area contributed by atoms with Crippen molar-refractivity contribution in [3.63, 3.8) is 0 Å². The highest BCUT2D eigenvalue weighted by atomic mass is 79.9. The van der Waals surface area contributed by atoms with Gasteiger partial charge < -0.3 is 4.74 Å². The fourth-order valence-corrected chi connectivity index (χ4v) is 4.30. The molecule has 1 aliphatic heterocycles. The molecule has 122 valence electrons. The molecule has 2 nitrogen and oxygen atoms in total. The minimum Gasteiger partial charge on any atom is -0.426 e. The van der Waals surface area contributed by atoms with Crippen LogP contribution in [0, 0.1) is 5.41 Å². The van der Waals surface area contributed by atoms with E-state index in [1.807, 2.05) is 42.5 Å². The number of hydrogen-bond acceptors (Lipinski definition) is 2. The number of carbonyl (C=O) groups excluding carboxylic acids is 1. The second-order valence-electron chi connectivity index (χ2n) is 6.68. The van der Waals surface area contributed by atoms with Gasteiger partial charge in [0.2, 0.25) is 0 Å². The van der Waals surface area contributed by atoms with Crippen molar-refractivity contribution in [2.75, 3.05) is 0 Å². The summed E-state index contributed by atoms with van der Waals surface area (Å²) >= 11 is 3.50. The first-order chi connectivity index (χ1) is 11.7. The first-order valence-corrected chi connectivity index (χ1v) is 9.23. The number of benzene rings is 2.